The van der Waals surface area contributed by atoms with Crippen molar-refractivity contribution in [2.24, 2.45) is 0 Å². The van der Waals surface area contributed by atoms with E-state index in [4.69, 9.17) is 16.3 Å². The first-order valence-electron chi connectivity index (χ1n) is 6.37. The number of morpholine rings is 1. The molecule has 1 atom stereocenters. The van der Waals surface area contributed by atoms with Gasteiger partial charge in [-0.1, -0.05) is 6.07 Å². The maximum absolute atomic E-state index is 12.5. The van der Waals surface area contributed by atoms with Crippen LogP contribution in [0.15, 0.2) is 18.3 Å². The van der Waals surface area contributed by atoms with Gasteiger partial charge in [0.15, 0.2) is 0 Å². The average Bonchev–Trinajstić information content (AvgIpc) is 2.36. The molecule has 2 heterocycles. The van der Waals surface area contributed by atoms with Gasteiger partial charge in [0, 0.05) is 19.3 Å². The van der Waals surface area contributed by atoms with Gasteiger partial charge in [0.25, 0.3) is 5.91 Å². The van der Waals surface area contributed by atoms with Crippen molar-refractivity contribution in [3.05, 3.63) is 29.6 Å². The molecular weight excluding hydrogens is 264 g/mol. The number of aryl methyl sites for hydroxylation is 1. The quantitative estimate of drug-likeness (QED) is 0.782. The molecule has 104 valence electrons. The Hall–Kier alpha value is -1.13. The number of ether oxygens (including phenoxy) is 1. The number of amides is 1. The fraction of sp³-hybridized carbons (Fsp3) is 0.571. The summed E-state index contributed by atoms with van der Waals surface area (Å²) in [5.41, 5.74) is 1.02. The molecule has 1 aliphatic rings. The number of aromatic nitrogens is 1. The average molecular weight is 283 g/mol. The molecule has 0 aliphatic carbocycles. The minimum Gasteiger partial charge on any atom is -0.367 e. The van der Waals surface area contributed by atoms with Crippen molar-refractivity contribution >= 4 is 17.5 Å². The summed E-state index contributed by atoms with van der Waals surface area (Å²) in [6.45, 7) is 6.90. The van der Waals surface area contributed by atoms with E-state index < -0.39 is 0 Å². The van der Waals surface area contributed by atoms with Gasteiger partial charge in [-0.15, -0.1) is 11.6 Å². The van der Waals surface area contributed by atoms with E-state index in [-0.39, 0.29) is 17.6 Å². The molecule has 5 heteroatoms. The van der Waals surface area contributed by atoms with Gasteiger partial charge in [0.2, 0.25) is 0 Å². The van der Waals surface area contributed by atoms with E-state index in [9.17, 15) is 4.79 Å². The van der Waals surface area contributed by atoms with Gasteiger partial charge in [0.05, 0.1) is 17.6 Å². The first kappa shape index (κ1) is 14.3. The third-order valence-electron chi connectivity index (χ3n) is 3.15. The molecule has 4 nitrogen and oxygen atoms in total. The van der Waals surface area contributed by atoms with E-state index in [1.165, 1.54) is 0 Å². The Bertz CT molecular complexity index is 476. The number of carbonyl (C=O) groups is 1. The fourth-order valence-electron chi connectivity index (χ4n) is 2.39. The number of alkyl halides is 1. The van der Waals surface area contributed by atoms with Crippen molar-refractivity contribution in [1.82, 2.24) is 9.88 Å². The molecule has 0 N–H and O–H groups in total. The molecule has 19 heavy (non-hydrogen) atoms. The van der Waals surface area contributed by atoms with E-state index in [2.05, 4.69) is 4.98 Å². The Labute approximate surface area is 118 Å². The van der Waals surface area contributed by atoms with Gasteiger partial charge in [0.1, 0.15) is 5.69 Å². The van der Waals surface area contributed by atoms with Crippen LogP contribution >= 0.6 is 11.6 Å². The second kappa shape index (κ2) is 5.47. The molecule has 0 aromatic carbocycles. The highest BCUT2D eigenvalue weighted by molar-refractivity contribution is 6.18. The van der Waals surface area contributed by atoms with E-state index in [1.54, 1.807) is 11.1 Å². The summed E-state index contributed by atoms with van der Waals surface area (Å²) < 4.78 is 5.82. The van der Waals surface area contributed by atoms with Gasteiger partial charge < -0.3 is 9.64 Å². The monoisotopic (exact) mass is 282 g/mol. The van der Waals surface area contributed by atoms with E-state index >= 15 is 0 Å². The molecule has 1 saturated heterocycles. The molecule has 1 aliphatic heterocycles. The largest absolute Gasteiger partial charge is 0.367 e. The highest BCUT2D eigenvalue weighted by Gasteiger charge is 2.36. The summed E-state index contributed by atoms with van der Waals surface area (Å²) in [6.07, 6.45) is 1.52. The molecule has 2 rings (SSSR count). The number of carbonyl (C=O) groups excluding carboxylic acids is 1. The summed E-state index contributed by atoms with van der Waals surface area (Å²) >= 11 is 5.88. The van der Waals surface area contributed by atoms with Crippen molar-refractivity contribution in [3.8, 4) is 0 Å². The molecular formula is C14H19ClN2O2. The van der Waals surface area contributed by atoms with Gasteiger partial charge >= 0.3 is 0 Å². The summed E-state index contributed by atoms with van der Waals surface area (Å²) in [5.74, 6) is 0.332. The number of pyridine rings is 1. The summed E-state index contributed by atoms with van der Waals surface area (Å²) in [5, 5.41) is 0. The number of rotatable bonds is 2. The Morgan fingerprint density at radius 3 is 3.00 bits per heavy atom. The Balaban J connectivity index is 2.21. The first-order valence-corrected chi connectivity index (χ1v) is 6.91. The highest BCUT2D eigenvalue weighted by atomic mass is 35.5. The maximum Gasteiger partial charge on any atom is 0.272 e. The van der Waals surface area contributed by atoms with Crippen molar-refractivity contribution in [2.45, 2.75) is 32.5 Å². The van der Waals surface area contributed by atoms with Gasteiger partial charge in [-0.25, -0.2) is 0 Å². The molecule has 1 aromatic rings. The van der Waals surface area contributed by atoms with Crippen LogP contribution in [0.2, 0.25) is 0 Å². The van der Waals surface area contributed by atoms with E-state index in [0.29, 0.717) is 24.7 Å². The standard InChI is InChI=1S/C14H19ClN2O2/c1-10-5-4-6-16-12(10)13(18)17-8-11(7-15)19-14(2,3)9-17/h4-6,11H,7-9H2,1-3H3. The van der Waals surface area contributed by atoms with Gasteiger partial charge in [-0.3, -0.25) is 9.78 Å². The fourth-order valence-corrected chi connectivity index (χ4v) is 2.55. The Kier molecular flexibility index (Phi) is 4.11. The third kappa shape index (κ3) is 3.25. The van der Waals surface area contributed by atoms with Crippen LogP contribution in [-0.2, 0) is 4.74 Å². The molecule has 0 radical (unpaired) electrons. The Morgan fingerprint density at radius 2 is 2.37 bits per heavy atom. The SMILES string of the molecule is Cc1cccnc1C(=O)N1CC(CCl)OC(C)(C)C1. The van der Waals surface area contributed by atoms with E-state index in [1.807, 2.05) is 32.9 Å². The zero-order valence-corrected chi connectivity index (χ0v) is 12.3. The first-order chi connectivity index (χ1) is 8.93. The van der Waals surface area contributed by atoms with Crippen molar-refractivity contribution in [3.63, 3.8) is 0 Å². The smallest absolute Gasteiger partial charge is 0.272 e. The van der Waals surface area contributed by atoms with Crippen LogP contribution in [0.4, 0.5) is 0 Å². The summed E-state index contributed by atoms with van der Waals surface area (Å²) in [6, 6.07) is 3.72. The second-order valence-electron chi connectivity index (χ2n) is 5.51. The molecule has 1 unspecified atom stereocenters. The van der Waals surface area contributed by atoms with Crippen LogP contribution in [0.3, 0.4) is 0 Å². The normalized spacial score (nSPS) is 22.3. The topological polar surface area (TPSA) is 42.4 Å². The highest BCUT2D eigenvalue weighted by Crippen LogP contribution is 2.23. The molecule has 0 bridgehead atoms. The molecule has 1 fully saturated rings. The lowest BCUT2D eigenvalue weighted by molar-refractivity contribution is -0.117. The number of nitrogens with zero attached hydrogens (tertiary/aromatic N) is 2. The zero-order chi connectivity index (χ0) is 14.0. The lowest BCUT2D eigenvalue weighted by atomic mass is 10.0. The van der Waals surface area contributed by atoms with Gasteiger partial charge in [-0.2, -0.15) is 0 Å². The predicted molar refractivity (Wildman–Crippen MR) is 74.5 cm³/mol. The zero-order valence-electron chi connectivity index (χ0n) is 11.5. The van der Waals surface area contributed by atoms with Crippen molar-refractivity contribution in [2.75, 3.05) is 19.0 Å². The Morgan fingerprint density at radius 1 is 1.63 bits per heavy atom. The van der Waals surface area contributed by atoms with E-state index in [0.717, 1.165) is 5.56 Å². The minimum atomic E-state index is -0.379. The minimum absolute atomic E-state index is 0.0513. The van der Waals surface area contributed by atoms with Crippen LogP contribution in [0.5, 0.6) is 0 Å². The summed E-state index contributed by atoms with van der Waals surface area (Å²) in [4.78, 5) is 18.5. The number of hydrogen-bond acceptors (Lipinski definition) is 3. The van der Waals surface area contributed by atoms with Crippen molar-refractivity contribution in [1.29, 1.82) is 0 Å². The third-order valence-corrected chi connectivity index (χ3v) is 3.50. The van der Waals surface area contributed by atoms with Crippen LogP contribution in [0.25, 0.3) is 0 Å². The lowest BCUT2D eigenvalue weighted by Gasteiger charge is -2.42. The van der Waals surface area contributed by atoms with Crippen LogP contribution < -0.4 is 0 Å². The molecule has 0 saturated carbocycles. The van der Waals surface area contributed by atoms with Crippen LogP contribution in [-0.4, -0.2) is 46.5 Å². The van der Waals surface area contributed by atoms with Crippen molar-refractivity contribution < 1.29 is 9.53 Å². The predicted octanol–water partition coefficient (Wildman–Crippen LogP) is 2.25. The summed E-state index contributed by atoms with van der Waals surface area (Å²) in [7, 11) is 0. The molecule has 1 amide bonds. The van der Waals surface area contributed by atoms with Crippen LogP contribution in [0, 0.1) is 6.92 Å². The molecule has 0 spiro atoms. The maximum atomic E-state index is 12.5. The molecule has 1 aromatic heterocycles. The van der Waals surface area contributed by atoms with Crippen LogP contribution in [0.1, 0.15) is 29.9 Å². The lowest BCUT2D eigenvalue weighted by Crippen LogP contribution is -2.55. The number of halogens is 1. The second-order valence-corrected chi connectivity index (χ2v) is 5.82. The van der Waals surface area contributed by atoms with Gasteiger partial charge in [-0.05, 0) is 32.4 Å². The number of hydrogen-bond donors (Lipinski definition) is 0.